The van der Waals surface area contributed by atoms with Gasteiger partial charge in [0.05, 0.1) is 0 Å². The average molecular weight is 665 g/mol. The Labute approximate surface area is 303 Å². The molecule has 0 saturated carbocycles. The fourth-order valence-corrected chi connectivity index (χ4v) is 7.32. The van der Waals surface area contributed by atoms with Crippen LogP contribution in [0.25, 0.3) is 76.9 Å². The van der Waals surface area contributed by atoms with Crippen molar-refractivity contribution in [2.24, 2.45) is 0 Å². The summed E-state index contributed by atoms with van der Waals surface area (Å²) in [7, 11) is 0. The minimum absolute atomic E-state index is 0.0812. The van der Waals surface area contributed by atoms with E-state index >= 15 is 0 Å². The zero-order chi connectivity index (χ0) is 35.9. The van der Waals surface area contributed by atoms with Crippen LogP contribution in [-0.4, -0.2) is 0 Å². The lowest BCUT2D eigenvalue weighted by Crippen LogP contribution is -2.16. The van der Waals surface area contributed by atoms with Crippen molar-refractivity contribution in [3.63, 3.8) is 0 Å². The van der Waals surface area contributed by atoms with Gasteiger partial charge < -0.3 is 4.42 Å². The molecule has 0 atom stereocenters. The smallest absolute Gasteiger partial charge is 0.135 e. The Bertz CT molecular complexity index is 2580. The summed E-state index contributed by atoms with van der Waals surface area (Å²) in [4.78, 5) is 0. The second-order valence-corrected chi connectivity index (χ2v) is 17.6. The van der Waals surface area contributed by atoms with Gasteiger partial charge in [0.2, 0.25) is 0 Å². The number of fused-ring (bicyclic) bond motifs is 5. The van der Waals surface area contributed by atoms with E-state index in [1.54, 1.807) is 0 Å². The van der Waals surface area contributed by atoms with Gasteiger partial charge in [-0.3, -0.25) is 0 Å². The fraction of sp³-hybridized carbons (Fsp3) is 0.240. The summed E-state index contributed by atoms with van der Waals surface area (Å²) in [6.45, 7) is 20.6. The van der Waals surface area contributed by atoms with Crippen molar-refractivity contribution in [3.8, 4) is 33.4 Å². The SMILES string of the molecule is CC(C)(C)c1ccc(-c2ccc3oc4ccc(-c5ccc6cc7cc(-c8cc(C(C)(C)C)cc(C(C)(C)C)c8)ccc7cc6c5)cc4c3c2)cc1. The minimum atomic E-state index is 0.0812. The summed E-state index contributed by atoms with van der Waals surface area (Å²) in [5.41, 5.74) is 13.6. The third kappa shape index (κ3) is 6.25. The Morgan fingerprint density at radius 2 is 0.686 bits per heavy atom. The van der Waals surface area contributed by atoms with Crippen molar-refractivity contribution in [2.75, 3.05) is 0 Å². The van der Waals surface area contributed by atoms with Gasteiger partial charge in [-0.1, -0.05) is 141 Å². The fourth-order valence-electron chi connectivity index (χ4n) is 7.32. The molecule has 0 aliphatic heterocycles. The molecule has 0 radical (unpaired) electrons. The van der Waals surface area contributed by atoms with E-state index in [0.717, 1.165) is 21.9 Å². The zero-order valence-electron chi connectivity index (χ0n) is 31.5. The Hall–Kier alpha value is -5.14. The number of hydrogen-bond donors (Lipinski definition) is 0. The lowest BCUT2D eigenvalue weighted by atomic mass is 9.79. The summed E-state index contributed by atoms with van der Waals surface area (Å²) < 4.78 is 6.30. The lowest BCUT2D eigenvalue weighted by Gasteiger charge is -2.26. The third-order valence-corrected chi connectivity index (χ3v) is 10.7. The predicted octanol–water partition coefficient (Wildman–Crippen LogP) is 14.8. The first-order chi connectivity index (χ1) is 24.1. The summed E-state index contributed by atoms with van der Waals surface area (Å²) in [5.74, 6) is 0. The van der Waals surface area contributed by atoms with Crippen molar-refractivity contribution in [1.82, 2.24) is 0 Å². The molecule has 0 amide bonds. The van der Waals surface area contributed by atoms with Crippen molar-refractivity contribution < 1.29 is 4.42 Å². The number of furan rings is 1. The van der Waals surface area contributed by atoms with Gasteiger partial charge in [-0.25, -0.2) is 0 Å². The second kappa shape index (κ2) is 11.7. The van der Waals surface area contributed by atoms with E-state index < -0.39 is 0 Å². The van der Waals surface area contributed by atoms with Crippen LogP contribution in [0.5, 0.6) is 0 Å². The molecule has 0 bridgehead atoms. The Balaban J connectivity index is 1.15. The molecule has 0 fully saturated rings. The molecule has 0 aliphatic carbocycles. The van der Waals surface area contributed by atoms with E-state index in [1.165, 1.54) is 71.6 Å². The Morgan fingerprint density at radius 3 is 1.16 bits per heavy atom. The lowest BCUT2D eigenvalue weighted by molar-refractivity contribution is 0.569. The zero-order valence-corrected chi connectivity index (χ0v) is 31.5. The van der Waals surface area contributed by atoms with Crippen LogP contribution in [0.1, 0.15) is 79.0 Å². The number of hydrogen-bond acceptors (Lipinski definition) is 1. The molecule has 0 aliphatic rings. The van der Waals surface area contributed by atoms with Gasteiger partial charge >= 0.3 is 0 Å². The van der Waals surface area contributed by atoms with Gasteiger partial charge in [-0.05, 0) is 136 Å². The van der Waals surface area contributed by atoms with E-state index in [0.29, 0.717) is 0 Å². The molecule has 254 valence electrons. The van der Waals surface area contributed by atoms with Crippen LogP contribution < -0.4 is 0 Å². The van der Waals surface area contributed by atoms with Crippen molar-refractivity contribution in [2.45, 2.75) is 78.6 Å². The highest BCUT2D eigenvalue weighted by molar-refractivity contribution is 6.08. The molecular formula is C50H48O. The largest absolute Gasteiger partial charge is 0.456 e. The molecule has 0 spiro atoms. The van der Waals surface area contributed by atoms with E-state index in [9.17, 15) is 0 Å². The number of benzene rings is 7. The molecule has 8 aromatic rings. The van der Waals surface area contributed by atoms with Crippen LogP contribution in [0, 0.1) is 0 Å². The predicted molar refractivity (Wildman–Crippen MR) is 221 cm³/mol. The van der Waals surface area contributed by atoms with Gasteiger partial charge in [0.25, 0.3) is 0 Å². The summed E-state index contributed by atoms with van der Waals surface area (Å²) in [6, 6.07) is 47.8. The molecule has 8 rings (SSSR count). The molecule has 0 saturated heterocycles. The molecule has 1 heterocycles. The van der Waals surface area contributed by atoms with Gasteiger partial charge in [0, 0.05) is 10.8 Å². The molecule has 51 heavy (non-hydrogen) atoms. The van der Waals surface area contributed by atoms with E-state index in [2.05, 4.69) is 190 Å². The van der Waals surface area contributed by atoms with Gasteiger partial charge in [-0.2, -0.15) is 0 Å². The molecule has 1 nitrogen and oxygen atoms in total. The Kier molecular flexibility index (Phi) is 7.58. The van der Waals surface area contributed by atoms with Crippen LogP contribution in [0.3, 0.4) is 0 Å². The molecule has 0 unspecified atom stereocenters. The average Bonchev–Trinajstić information content (AvgIpc) is 3.46. The molecule has 1 aromatic heterocycles. The Morgan fingerprint density at radius 1 is 0.294 bits per heavy atom. The highest BCUT2D eigenvalue weighted by Crippen LogP contribution is 2.38. The first kappa shape index (κ1) is 33.0. The maximum Gasteiger partial charge on any atom is 0.135 e. The molecular weight excluding hydrogens is 617 g/mol. The number of rotatable bonds is 3. The second-order valence-electron chi connectivity index (χ2n) is 17.6. The first-order valence-electron chi connectivity index (χ1n) is 18.3. The van der Waals surface area contributed by atoms with Crippen molar-refractivity contribution in [3.05, 3.63) is 144 Å². The normalized spacial score (nSPS) is 12.8. The topological polar surface area (TPSA) is 13.1 Å². The summed E-state index contributed by atoms with van der Waals surface area (Å²) >= 11 is 0. The third-order valence-electron chi connectivity index (χ3n) is 10.7. The van der Waals surface area contributed by atoms with Crippen LogP contribution in [0.15, 0.2) is 132 Å². The summed E-state index contributed by atoms with van der Waals surface area (Å²) in [5, 5.41) is 7.31. The van der Waals surface area contributed by atoms with Gasteiger partial charge in [0.1, 0.15) is 11.2 Å². The highest BCUT2D eigenvalue weighted by Gasteiger charge is 2.21. The first-order valence-corrected chi connectivity index (χ1v) is 18.3. The monoisotopic (exact) mass is 664 g/mol. The molecule has 0 N–H and O–H groups in total. The highest BCUT2D eigenvalue weighted by atomic mass is 16.3. The maximum absolute atomic E-state index is 6.30. The van der Waals surface area contributed by atoms with Gasteiger partial charge in [0.15, 0.2) is 0 Å². The van der Waals surface area contributed by atoms with E-state index in [1.807, 2.05) is 0 Å². The van der Waals surface area contributed by atoms with Gasteiger partial charge in [-0.15, -0.1) is 0 Å². The van der Waals surface area contributed by atoms with Crippen molar-refractivity contribution in [1.29, 1.82) is 0 Å². The van der Waals surface area contributed by atoms with Crippen LogP contribution in [0.4, 0.5) is 0 Å². The van der Waals surface area contributed by atoms with E-state index in [-0.39, 0.29) is 16.2 Å². The maximum atomic E-state index is 6.30. The standard InChI is InChI=1S/C50H48O/c1-48(2,3)41-18-14-31(15-19-41)36-16-20-46-44(28-36)45-29-37(17-21-47(45)51-46)32-10-11-33-24-39-25-35(13-12-34(39)23-38(33)22-32)40-26-42(49(4,5)6)30-43(27-40)50(7,8)9/h10-30H,1-9H3. The van der Waals surface area contributed by atoms with Crippen molar-refractivity contribution >= 4 is 43.5 Å². The molecule has 7 aromatic carbocycles. The van der Waals surface area contributed by atoms with E-state index in [4.69, 9.17) is 4.42 Å². The van der Waals surface area contributed by atoms with Crippen LogP contribution in [0.2, 0.25) is 0 Å². The minimum Gasteiger partial charge on any atom is -0.456 e. The molecule has 1 heteroatoms. The van der Waals surface area contributed by atoms with Crippen LogP contribution >= 0.6 is 0 Å². The van der Waals surface area contributed by atoms with Crippen LogP contribution in [-0.2, 0) is 16.2 Å². The quantitative estimate of drug-likeness (QED) is 0.171. The summed E-state index contributed by atoms with van der Waals surface area (Å²) in [6.07, 6.45) is 0.